The number of fused-ring (bicyclic) bond motifs is 4. The maximum Gasteiger partial charge on any atom is 0.294 e. The quantitative estimate of drug-likeness (QED) is 0.700. The summed E-state index contributed by atoms with van der Waals surface area (Å²) in [5.74, 6) is 0.0181. The first-order valence-corrected chi connectivity index (χ1v) is 10.6. The second-order valence-electron chi connectivity index (χ2n) is 7.78. The van der Waals surface area contributed by atoms with Crippen LogP contribution >= 0.6 is 11.8 Å². The monoisotopic (exact) mass is 425 g/mol. The predicted molar refractivity (Wildman–Crippen MR) is 110 cm³/mol. The van der Waals surface area contributed by atoms with Crippen molar-refractivity contribution in [3.05, 3.63) is 63.3 Å². The number of hydrogen-bond donors (Lipinski definition) is 0. The minimum absolute atomic E-state index is 0.0110. The van der Waals surface area contributed by atoms with Crippen LogP contribution in [0.2, 0.25) is 0 Å². The molecular weight excluding hydrogens is 406 g/mol. The van der Waals surface area contributed by atoms with Crippen molar-refractivity contribution in [3.63, 3.8) is 0 Å². The Hall–Kier alpha value is -3.07. The topological polar surface area (TPSA) is 92.8 Å². The van der Waals surface area contributed by atoms with Crippen molar-refractivity contribution < 1.29 is 18.8 Å². The lowest BCUT2D eigenvalue weighted by Gasteiger charge is -2.43. The Bertz CT molecular complexity index is 1120. The van der Waals surface area contributed by atoms with Crippen molar-refractivity contribution in [3.8, 4) is 0 Å². The van der Waals surface area contributed by atoms with Gasteiger partial charge in [-0.15, -0.1) is 0 Å². The van der Waals surface area contributed by atoms with Crippen LogP contribution in [0.15, 0.2) is 50.7 Å². The molecule has 0 spiro atoms. The largest absolute Gasteiger partial charge is 0.465 e. The van der Waals surface area contributed by atoms with Gasteiger partial charge in [-0.25, -0.2) is 0 Å². The van der Waals surface area contributed by atoms with Gasteiger partial charge in [-0.3, -0.25) is 24.1 Å². The van der Waals surface area contributed by atoms with E-state index in [0.29, 0.717) is 25.4 Å². The third-order valence-electron chi connectivity index (χ3n) is 5.82. The standard InChI is InChI=1S/C21H19N3O5S/c25-18-5-1-4-16-14-7-13(10-23(16)18)9-22(11-14)19(26)12-24-20(27)17(30-21(24)28)8-15-3-2-6-29-15/h1-6,8,13-14H,7,9-12H2/b17-8-/t13-,14-/m0/s1. The molecule has 154 valence electrons. The van der Waals surface area contributed by atoms with Crippen molar-refractivity contribution in [1.82, 2.24) is 14.4 Å². The summed E-state index contributed by atoms with van der Waals surface area (Å²) in [6.07, 6.45) is 3.93. The zero-order valence-corrected chi connectivity index (χ0v) is 16.8. The first kappa shape index (κ1) is 18.9. The molecule has 3 aliphatic heterocycles. The van der Waals surface area contributed by atoms with E-state index in [-0.39, 0.29) is 34.8 Å². The van der Waals surface area contributed by atoms with Crippen LogP contribution in [0.1, 0.15) is 23.8 Å². The molecule has 0 aliphatic carbocycles. The third-order valence-corrected chi connectivity index (χ3v) is 6.72. The lowest BCUT2D eigenvalue weighted by atomic mass is 9.83. The van der Waals surface area contributed by atoms with Crippen LogP contribution in [0.4, 0.5) is 4.79 Å². The van der Waals surface area contributed by atoms with Crippen molar-refractivity contribution in [2.75, 3.05) is 19.6 Å². The number of imide groups is 1. The Morgan fingerprint density at radius 2 is 2.00 bits per heavy atom. The molecule has 0 radical (unpaired) electrons. The van der Waals surface area contributed by atoms with E-state index in [4.69, 9.17) is 4.42 Å². The van der Waals surface area contributed by atoms with Crippen LogP contribution in [0.25, 0.3) is 6.08 Å². The average molecular weight is 425 g/mol. The fourth-order valence-corrected chi connectivity index (χ4v) is 5.29. The van der Waals surface area contributed by atoms with E-state index < -0.39 is 11.1 Å². The first-order valence-electron chi connectivity index (χ1n) is 9.76. The van der Waals surface area contributed by atoms with Crippen LogP contribution in [0.5, 0.6) is 0 Å². The van der Waals surface area contributed by atoms with E-state index in [1.807, 2.05) is 6.07 Å². The molecule has 9 heteroatoms. The number of aromatic nitrogens is 1. The maximum absolute atomic E-state index is 12.9. The number of likely N-dealkylation sites (tertiary alicyclic amines) is 1. The van der Waals surface area contributed by atoms with Crippen LogP contribution in [-0.2, 0) is 16.1 Å². The van der Waals surface area contributed by atoms with Gasteiger partial charge in [-0.2, -0.15) is 0 Å². The Morgan fingerprint density at radius 3 is 2.80 bits per heavy atom. The number of pyridine rings is 1. The number of carbonyl (C=O) groups excluding carboxylic acids is 3. The average Bonchev–Trinajstić information content (AvgIpc) is 3.33. The fourth-order valence-electron chi connectivity index (χ4n) is 4.47. The molecule has 2 atom stereocenters. The van der Waals surface area contributed by atoms with Crippen molar-refractivity contribution in [2.45, 2.75) is 18.9 Å². The molecule has 0 unspecified atom stereocenters. The number of amides is 3. The molecule has 0 N–H and O–H groups in total. The van der Waals surface area contributed by atoms with E-state index in [2.05, 4.69) is 0 Å². The van der Waals surface area contributed by atoms with Gasteiger partial charge in [0.05, 0.1) is 11.2 Å². The first-order chi connectivity index (χ1) is 14.5. The molecule has 2 bridgehead atoms. The molecule has 30 heavy (non-hydrogen) atoms. The summed E-state index contributed by atoms with van der Waals surface area (Å²) in [6.45, 7) is 1.32. The Balaban J connectivity index is 1.30. The zero-order valence-electron chi connectivity index (χ0n) is 16.0. The van der Waals surface area contributed by atoms with Crippen LogP contribution in [-0.4, -0.2) is 51.1 Å². The van der Waals surface area contributed by atoms with Crippen molar-refractivity contribution in [1.29, 1.82) is 0 Å². The summed E-state index contributed by atoms with van der Waals surface area (Å²) in [7, 11) is 0. The molecular formula is C21H19N3O5S. The molecule has 5 heterocycles. The fraction of sp³-hybridized carbons (Fsp3) is 0.333. The van der Waals surface area contributed by atoms with E-state index in [9.17, 15) is 19.2 Å². The normalized spacial score (nSPS) is 24.5. The minimum atomic E-state index is -0.483. The molecule has 0 saturated carbocycles. The van der Waals surface area contributed by atoms with Crippen LogP contribution < -0.4 is 5.56 Å². The number of piperidine rings is 1. The molecule has 3 amide bonds. The second kappa shape index (κ2) is 7.32. The van der Waals surface area contributed by atoms with E-state index in [1.165, 1.54) is 12.3 Å². The van der Waals surface area contributed by atoms with Gasteiger partial charge >= 0.3 is 0 Å². The SMILES string of the molecule is O=C(CN1C(=O)S/C(=C\c2ccco2)C1=O)N1C[C@@H]2C[C@@H](C1)c1cccc(=O)n1C2. The number of nitrogens with zero attached hydrogens (tertiary/aromatic N) is 3. The highest BCUT2D eigenvalue weighted by Gasteiger charge is 2.40. The lowest BCUT2D eigenvalue weighted by Crippen LogP contribution is -2.51. The summed E-state index contributed by atoms with van der Waals surface area (Å²) in [6, 6.07) is 8.63. The predicted octanol–water partition coefficient (Wildman–Crippen LogP) is 2.12. The Kier molecular flexibility index (Phi) is 4.62. The highest BCUT2D eigenvalue weighted by atomic mass is 32.2. The van der Waals surface area contributed by atoms with Crippen molar-refractivity contribution in [2.24, 2.45) is 5.92 Å². The van der Waals surface area contributed by atoms with Gasteiger partial charge in [-0.05, 0) is 42.3 Å². The molecule has 2 fully saturated rings. The van der Waals surface area contributed by atoms with Crippen LogP contribution in [0, 0.1) is 5.92 Å². The van der Waals surface area contributed by atoms with Gasteiger partial charge in [0.15, 0.2) is 0 Å². The second-order valence-corrected chi connectivity index (χ2v) is 8.77. The van der Waals surface area contributed by atoms with Crippen LogP contribution in [0.3, 0.4) is 0 Å². The summed E-state index contributed by atoms with van der Waals surface area (Å²) in [5.41, 5.74) is 0.937. The zero-order chi connectivity index (χ0) is 20.8. The summed E-state index contributed by atoms with van der Waals surface area (Å²) in [4.78, 5) is 53.0. The van der Waals surface area contributed by atoms with E-state index >= 15 is 0 Å². The summed E-state index contributed by atoms with van der Waals surface area (Å²) in [5, 5.41) is -0.458. The Labute approximate surface area is 176 Å². The van der Waals surface area contributed by atoms with E-state index in [0.717, 1.165) is 28.8 Å². The number of rotatable bonds is 3. The molecule has 0 aromatic carbocycles. The smallest absolute Gasteiger partial charge is 0.294 e. The molecule has 2 saturated heterocycles. The molecule has 8 nitrogen and oxygen atoms in total. The summed E-state index contributed by atoms with van der Waals surface area (Å²) < 4.78 is 7.00. The van der Waals surface area contributed by atoms with Gasteiger partial charge in [0.1, 0.15) is 12.3 Å². The number of thioether (sulfide) groups is 1. The van der Waals surface area contributed by atoms with Crippen molar-refractivity contribution >= 4 is 34.9 Å². The number of furan rings is 1. The number of carbonyl (C=O) groups is 3. The molecule has 5 rings (SSSR count). The molecule has 2 aromatic rings. The van der Waals surface area contributed by atoms with Gasteiger partial charge < -0.3 is 13.9 Å². The van der Waals surface area contributed by atoms with E-state index in [1.54, 1.807) is 33.7 Å². The van der Waals surface area contributed by atoms with Gasteiger partial charge in [0.25, 0.3) is 16.7 Å². The van der Waals surface area contributed by atoms with Gasteiger partial charge in [0.2, 0.25) is 5.91 Å². The lowest BCUT2D eigenvalue weighted by molar-refractivity contribution is -0.138. The number of hydrogen-bond acceptors (Lipinski definition) is 6. The van der Waals surface area contributed by atoms with Gasteiger partial charge in [0, 0.05) is 43.4 Å². The molecule has 2 aromatic heterocycles. The summed E-state index contributed by atoms with van der Waals surface area (Å²) >= 11 is 0.807. The highest BCUT2D eigenvalue weighted by Crippen LogP contribution is 2.36. The minimum Gasteiger partial charge on any atom is -0.465 e. The highest BCUT2D eigenvalue weighted by molar-refractivity contribution is 8.18. The molecule has 3 aliphatic rings. The van der Waals surface area contributed by atoms with Gasteiger partial charge in [-0.1, -0.05) is 6.07 Å². The Morgan fingerprint density at radius 1 is 1.13 bits per heavy atom. The third kappa shape index (κ3) is 3.28. The maximum atomic E-state index is 12.9.